The molecule has 0 fully saturated rings. The summed E-state index contributed by atoms with van der Waals surface area (Å²) in [5.41, 5.74) is 6.45. The molecule has 0 unspecified atom stereocenters. The van der Waals surface area contributed by atoms with Crippen molar-refractivity contribution in [1.82, 2.24) is 35.6 Å². The Balaban J connectivity index is 0.00000289. The zero-order valence-electron chi connectivity index (χ0n) is 18.3. The van der Waals surface area contributed by atoms with Gasteiger partial charge in [-0.05, 0) is 43.2 Å². The number of para-hydroxylation sites is 1. The highest BCUT2D eigenvalue weighted by Gasteiger charge is 2.09. The van der Waals surface area contributed by atoms with E-state index in [9.17, 15) is 0 Å². The van der Waals surface area contributed by atoms with Gasteiger partial charge in [-0.3, -0.25) is 10.1 Å². The molecule has 9 heteroatoms. The molecule has 32 heavy (non-hydrogen) atoms. The van der Waals surface area contributed by atoms with E-state index in [1.54, 1.807) is 7.05 Å². The summed E-state index contributed by atoms with van der Waals surface area (Å²) in [6.45, 7) is 5.35. The number of hydrogen-bond donors (Lipinski definition) is 3. The molecule has 0 saturated heterocycles. The zero-order valence-corrected chi connectivity index (χ0v) is 20.7. The number of aromatic amines is 1. The van der Waals surface area contributed by atoms with Crippen LogP contribution in [0.25, 0.3) is 17.1 Å². The second-order valence-corrected chi connectivity index (χ2v) is 7.28. The molecule has 0 aliphatic heterocycles. The Morgan fingerprint density at radius 1 is 1.03 bits per heavy atom. The van der Waals surface area contributed by atoms with Gasteiger partial charge < -0.3 is 10.6 Å². The first-order chi connectivity index (χ1) is 15.1. The largest absolute Gasteiger partial charge is 0.352 e. The maximum atomic E-state index is 4.62. The minimum absolute atomic E-state index is 0. The lowest BCUT2D eigenvalue weighted by Crippen LogP contribution is -2.36. The topological polar surface area (TPSA) is 95.8 Å². The molecule has 4 aromatic rings. The molecular formula is C23H27IN8. The van der Waals surface area contributed by atoms with Crippen LogP contribution in [0.15, 0.2) is 65.9 Å². The van der Waals surface area contributed by atoms with Crippen molar-refractivity contribution < 1.29 is 0 Å². The zero-order chi connectivity index (χ0) is 21.6. The molecule has 4 rings (SSSR count). The van der Waals surface area contributed by atoms with Gasteiger partial charge in [-0.2, -0.15) is 10.2 Å². The minimum atomic E-state index is 0. The Kier molecular flexibility index (Phi) is 7.98. The lowest BCUT2D eigenvalue weighted by atomic mass is 10.1. The summed E-state index contributed by atoms with van der Waals surface area (Å²) >= 11 is 0. The predicted molar refractivity (Wildman–Crippen MR) is 137 cm³/mol. The van der Waals surface area contributed by atoms with E-state index < -0.39 is 0 Å². The fraction of sp³-hybridized carbons (Fsp3) is 0.217. The molecule has 0 aliphatic carbocycles. The molecule has 0 aliphatic rings. The average Bonchev–Trinajstić information content (AvgIpc) is 3.44. The number of aromatic nitrogens is 5. The highest BCUT2D eigenvalue weighted by atomic mass is 127. The summed E-state index contributed by atoms with van der Waals surface area (Å²) in [6, 6.07) is 18.5. The molecule has 0 spiro atoms. The van der Waals surface area contributed by atoms with Gasteiger partial charge in [0.1, 0.15) is 6.33 Å². The first-order valence-corrected chi connectivity index (χ1v) is 10.1. The lowest BCUT2D eigenvalue weighted by Gasteiger charge is -2.15. The molecule has 0 radical (unpaired) electrons. The third-order valence-electron chi connectivity index (χ3n) is 4.97. The standard InChI is InChI=1S/C23H26N8.HI/c1-16-11-17(2)31(30-16)21-10-5-4-8-20(21)14-26-23(24-3)25-13-18-7-6-9-19(12-18)22-27-15-28-29-22;/h4-12,15H,13-14H2,1-3H3,(H2,24,25,26)(H,27,28,29);1H. The van der Waals surface area contributed by atoms with Gasteiger partial charge >= 0.3 is 0 Å². The number of nitrogens with one attached hydrogen (secondary N) is 3. The highest BCUT2D eigenvalue weighted by molar-refractivity contribution is 14.0. The number of aliphatic imine (C=N–C) groups is 1. The molecule has 0 amide bonds. The minimum Gasteiger partial charge on any atom is -0.352 e. The molecule has 8 nitrogen and oxygen atoms in total. The summed E-state index contributed by atoms with van der Waals surface area (Å²) in [4.78, 5) is 8.57. The van der Waals surface area contributed by atoms with Crippen molar-refractivity contribution in [3.05, 3.63) is 83.4 Å². The third-order valence-corrected chi connectivity index (χ3v) is 4.97. The van der Waals surface area contributed by atoms with Crippen LogP contribution in [0.4, 0.5) is 0 Å². The second kappa shape index (κ2) is 10.9. The van der Waals surface area contributed by atoms with Crippen LogP contribution < -0.4 is 10.6 Å². The summed E-state index contributed by atoms with van der Waals surface area (Å²) < 4.78 is 1.98. The lowest BCUT2D eigenvalue weighted by molar-refractivity contribution is 0.781. The van der Waals surface area contributed by atoms with Crippen LogP contribution in [0.5, 0.6) is 0 Å². The molecule has 0 bridgehead atoms. The first-order valence-electron chi connectivity index (χ1n) is 10.1. The Hall–Kier alpha value is -3.21. The van der Waals surface area contributed by atoms with Gasteiger partial charge in [-0.15, -0.1) is 24.0 Å². The number of benzene rings is 2. The van der Waals surface area contributed by atoms with Crippen molar-refractivity contribution in [1.29, 1.82) is 0 Å². The van der Waals surface area contributed by atoms with E-state index >= 15 is 0 Å². The molecule has 2 aromatic heterocycles. The van der Waals surface area contributed by atoms with E-state index in [0.717, 1.165) is 45.5 Å². The van der Waals surface area contributed by atoms with Crippen LogP contribution in [0, 0.1) is 13.8 Å². The van der Waals surface area contributed by atoms with Crippen molar-refractivity contribution in [2.24, 2.45) is 4.99 Å². The third kappa shape index (κ3) is 5.52. The van der Waals surface area contributed by atoms with Gasteiger partial charge in [0.2, 0.25) is 0 Å². The predicted octanol–water partition coefficient (Wildman–Crippen LogP) is 3.76. The maximum Gasteiger partial charge on any atom is 0.191 e. The SMILES string of the molecule is CN=C(NCc1cccc(-c2ncn[nH]2)c1)NCc1ccccc1-n1nc(C)cc1C.I. The van der Waals surface area contributed by atoms with Crippen LogP contribution in [-0.2, 0) is 13.1 Å². The Morgan fingerprint density at radius 3 is 2.56 bits per heavy atom. The number of rotatable bonds is 6. The van der Waals surface area contributed by atoms with Crippen molar-refractivity contribution in [2.75, 3.05) is 7.05 Å². The molecule has 0 atom stereocenters. The summed E-state index contributed by atoms with van der Waals surface area (Å²) in [5, 5.41) is 18.2. The normalized spacial score (nSPS) is 11.2. The van der Waals surface area contributed by atoms with Crippen LogP contribution in [-0.4, -0.2) is 38.0 Å². The van der Waals surface area contributed by atoms with Crippen LogP contribution in [0.1, 0.15) is 22.5 Å². The van der Waals surface area contributed by atoms with Crippen LogP contribution in [0.2, 0.25) is 0 Å². The van der Waals surface area contributed by atoms with Gasteiger partial charge in [0.15, 0.2) is 11.8 Å². The summed E-state index contributed by atoms with van der Waals surface area (Å²) in [5.74, 6) is 1.48. The number of nitrogens with zero attached hydrogens (tertiary/aromatic N) is 5. The monoisotopic (exact) mass is 542 g/mol. The molecular weight excluding hydrogens is 515 g/mol. The number of halogens is 1. The van der Waals surface area contributed by atoms with E-state index in [-0.39, 0.29) is 24.0 Å². The van der Waals surface area contributed by atoms with Gasteiger partial charge in [-0.25, -0.2) is 9.67 Å². The van der Waals surface area contributed by atoms with Crippen LogP contribution in [0.3, 0.4) is 0 Å². The average molecular weight is 542 g/mol. The van der Waals surface area contributed by atoms with E-state index in [4.69, 9.17) is 0 Å². The fourth-order valence-electron chi connectivity index (χ4n) is 3.50. The Morgan fingerprint density at radius 2 is 1.84 bits per heavy atom. The summed E-state index contributed by atoms with van der Waals surface area (Å²) in [7, 11) is 1.77. The van der Waals surface area contributed by atoms with E-state index in [2.05, 4.69) is 73.2 Å². The van der Waals surface area contributed by atoms with E-state index in [1.165, 1.54) is 6.33 Å². The second-order valence-electron chi connectivity index (χ2n) is 7.28. The van der Waals surface area contributed by atoms with Gasteiger partial charge in [0.25, 0.3) is 0 Å². The van der Waals surface area contributed by atoms with Gasteiger partial charge in [-0.1, -0.05) is 36.4 Å². The molecule has 0 saturated carbocycles. The fourth-order valence-corrected chi connectivity index (χ4v) is 3.50. The Bertz CT molecular complexity index is 1180. The molecule has 3 N–H and O–H groups in total. The van der Waals surface area contributed by atoms with Crippen molar-refractivity contribution in [3.8, 4) is 17.1 Å². The van der Waals surface area contributed by atoms with Crippen molar-refractivity contribution in [2.45, 2.75) is 26.9 Å². The van der Waals surface area contributed by atoms with Crippen LogP contribution >= 0.6 is 24.0 Å². The Labute approximate surface area is 204 Å². The van der Waals surface area contributed by atoms with E-state index in [1.807, 2.05) is 35.9 Å². The first kappa shape index (κ1) is 23.5. The maximum absolute atomic E-state index is 4.62. The number of hydrogen-bond acceptors (Lipinski definition) is 4. The van der Waals surface area contributed by atoms with Gasteiger partial charge in [0, 0.05) is 31.4 Å². The quantitative estimate of drug-likeness (QED) is 0.196. The number of H-pyrrole nitrogens is 1. The van der Waals surface area contributed by atoms with Gasteiger partial charge in [0.05, 0.1) is 11.4 Å². The van der Waals surface area contributed by atoms with E-state index in [0.29, 0.717) is 13.1 Å². The summed E-state index contributed by atoms with van der Waals surface area (Å²) in [6.07, 6.45) is 1.51. The highest BCUT2D eigenvalue weighted by Crippen LogP contribution is 2.17. The van der Waals surface area contributed by atoms with Crippen molar-refractivity contribution >= 4 is 29.9 Å². The number of guanidine groups is 1. The smallest absolute Gasteiger partial charge is 0.191 e. The number of aryl methyl sites for hydroxylation is 2. The molecule has 2 aromatic carbocycles. The van der Waals surface area contributed by atoms with Crippen molar-refractivity contribution in [3.63, 3.8) is 0 Å². The molecule has 2 heterocycles. The molecule has 166 valence electrons.